The summed E-state index contributed by atoms with van der Waals surface area (Å²) in [6.07, 6.45) is 2.83. The van der Waals surface area contributed by atoms with Crippen LogP contribution in [0.2, 0.25) is 5.02 Å². The Kier molecular flexibility index (Phi) is 5.25. The minimum atomic E-state index is -0.0195. The third-order valence-electron chi connectivity index (χ3n) is 3.50. The lowest BCUT2D eigenvalue weighted by Gasteiger charge is -2.32. The van der Waals surface area contributed by atoms with Gasteiger partial charge in [-0.05, 0) is 43.4 Å². The molecule has 0 radical (unpaired) electrons. The van der Waals surface area contributed by atoms with Crippen molar-refractivity contribution in [1.82, 2.24) is 4.90 Å². The van der Waals surface area contributed by atoms with E-state index in [4.69, 9.17) is 16.7 Å². The Morgan fingerprint density at radius 1 is 1.53 bits per heavy atom. The maximum Gasteiger partial charge on any atom is 0.255 e. The fourth-order valence-electron chi connectivity index (χ4n) is 2.50. The van der Waals surface area contributed by atoms with Crippen LogP contribution in [0.1, 0.15) is 29.6 Å². The van der Waals surface area contributed by atoms with Gasteiger partial charge < -0.3 is 10.0 Å². The molecule has 1 unspecified atom stereocenters. The molecular weight excluding hydrogens is 330 g/mol. The van der Waals surface area contributed by atoms with Gasteiger partial charge in [-0.1, -0.05) is 27.5 Å². The molecule has 2 rings (SSSR count). The van der Waals surface area contributed by atoms with Gasteiger partial charge in [0.05, 0.1) is 10.6 Å². The van der Waals surface area contributed by atoms with Crippen LogP contribution < -0.4 is 0 Å². The summed E-state index contributed by atoms with van der Waals surface area (Å²) in [6, 6.07) is 5.32. The van der Waals surface area contributed by atoms with E-state index in [1.807, 2.05) is 11.0 Å². The van der Waals surface area contributed by atoms with Gasteiger partial charge in [-0.2, -0.15) is 0 Å². The Labute approximate surface area is 126 Å². The molecule has 1 aromatic carbocycles. The van der Waals surface area contributed by atoms with Crippen molar-refractivity contribution in [2.45, 2.75) is 19.3 Å². The van der Waals surface area contributed by atoms with Crippen molar-refractivity contribution in [2.24, 2.45) is 5.92 Å². The average molecular weight is 347 g/mol. The van der Waals surface area contributed by atoms with Crippen molar-refractivity contribution in [3.63, 3.8) is 0 Å². The maximum atomic E-state index is 12.5. The van der Waals surface area contributed by atoms with Gasteiger partial charge in [-0.25, -0.2) is 0 Å². The highest BCUT2D eigenvalue weighted by molar-refractivity contribution is 9.10. The van der Waals surface area contributed by atoms with E-state index in [0.29, 0.717) is 23.0 Å². The highest BCUT2D eigenvalue weighted by Crippen LogP contribution is 2.25. The number of nitrogens with zero attached hydrogens (tertiary/aromatic N) is 1. The quantitative estimate of drug-likeness (QED) is 0.912. The van der Waals surface area contributed by atoms with E-state index in [-0.39, 0.29) is 12.5 Å². The van der Waals surface area contributed by atoms with Crippen molar-refractivity contribution >= 4 is 33.4 Å². The second-order valence-corrected chi connectivity index (χ2v) is 6.22. The van der Waals surface area contributed by atoms with Gasteiger partial charge in [0.2, 0.25) is 0 Å². The number of benzene rings is 1. The summed E-state index contributed by atoms with van der Waals surface area (Å²) < 4.78 is 0.851. The van der Waals surface area contributed by atoms with Crippen LogP contribution in [0.3, 0.4) is 0 Å². The van der Waals surface area contributed by atoms with E-state index in [0.717, 1.165) is 30.3 Å². The number of carbonyl (C=O) groups is 1. The van der Waals surface area contributed by atoms with Crippen LogP contribution in [0.5, 0.6) is 0 Å². The Balaban J connectivity index is 2.12. The number of rotatable bonds is 3. The largest absolute Gasteiger partial charge is 0.396 e. The third-order valence-corrected chi connectivity index (χ3v) is 4.33. The standard InChI is InChI=1S/C14H17BrClNO2/c15-11-3-4-13(16)12(8-11)14(19)17-6-1-2-10(9-17)5-7-18/h3-4,8,10,18H,1-2,5-7,9H2. The first-order chi connectivity index (χ1) is 9.11. The van der Waals surface area contributed by atoms with Gasteiger partial charge in [0.15, 0.2) is 0 Å². The zero-order valence-electron chi connectivity index (χ0n) is 10.6. The minimum Gasteiger partial charge on any atom is -0.396 e. The van der Waals surface area contributed by atoms with Gasteiger partial charge in [0, 0.05) is 24.2 Å². The smallest absolute Gasteiger partial charge is 0.255 e. The first-order valence-corrected chi connectivity index (χ1v) is 7.64. The number of likely N-dealkylation sites (tertiary alicyclic amines) is 1. The lowest BCUT2D eigenvalue weighted by molar-refractivity contribution is 0.0653. The van der Waals surface area contributed by atoms with Crippen molar-refractivity contribution in [3.05, 3.63) is 33.3 Å². The van der Waals surface area contributed by atoms with Crippen molar-refractivity contribution in [1.29, 1.82) is 0 Å². The number of amides is 1. The monoisotopic (exact) mass is 345 g/mol. The lowest BCUT2D eigenvalue weighted by Crippen LogP contribution is -2.40. The fraction of sp³-hybridized carbons (Fsp3) is 0.500. The van der Waals surface area contributed by atoms with E-state index >= 15 is 0 Å². The van der Waals surface area contributed by atoms with Gasteiger partial charge in [0.1, 0.15) is 0 Å². The molecule has 1 aromatic rings. The topological polar surface area (TPSA) is 40.5 Å². The maximum absolute atomic E-state index is 12.5. The zero-order chi connectivity index (χ0) is 13.8. The van der Waals surface area contributed by atoms with Crippen LogP contribution in [-0.4, -0.2) is 35.6 Å². The van der Waals surface area contributed by atoms with Gasteiger partial charge in [-0.3, -0.25) is 4.79 Å². The highest BCUT2D eigenvalue weighted by Gasteiger charge is 2.25. The first-order valence-electron chi connectivity index (χ1n) is 6.47. The molecule has 104 valence electrons. The second kappa shape index (κ2) is 6.73. The Morgan fingerprint density at radius 2 is 2.32 bits per heavy atom. The molecule has 0 aliphatic carbocycles. The number of hydrogen-bond acceptors (Lipinski definition) is 2. The first kappa shape index (κ1) is 14.8. The number of carbonyl (C=O) groups excluding carboxylic acids is 1. The van der Waals surface area contributed by atoms with E-state index in [1.165, 1.54) is 0 Å². The molecule has 1 N–H and O–H groups in total. The Bertz CT molecular complexity index is 465. The molecule has 1 aliphatic heterocycles. The van der Waals surface area contributed by atoms with Crippen LogP contribution >= 0.6 is 27.5 Å². The van der Waals surface area contributed by atoms with E-state index in [2.05, 4.69) is 15.9 Å². The summed E-state index contributed by atoms with van der Waals surface area (Å²) >= 11 is 9.46. The van der Waals surface area contributed by atoms with Crippen molar-refractivity contribution in [3.8, 4) is 0 Å². The predicted octanol–water partition coefficient (Wildman–Crippen LogP) is 3.34. The van der Waals surface area contributed by atoms with Crippen LogP contribution in [0.15, 0.2) is 22.7 Å². The molecule has 1 saturated heterocycles. The Morgan fingerprint density at radius 3 is 3.05 bits per heavy atom. The van der Waals surface area contributed by atoms with E-state index < -0.39 is 0 Å². The average Bonchev–Trinajstić information content (AvgIpc) is 2.41. The summed E-state index contributed by atoms with van der Waals surface area (Å²) in [5, 5.41) is 9.49. The summed E-state index contributed by atoms with van der Waals surface area (Å²) in [6.45, 7) is 1.66. The van der Waals surface area contributed by atoms with Gasteiger partial charge in [-0.15, -0.1) is 0 Å². The summed E-state index contributed by atoms with van der Waals surface area (Å²) in [5.41, 5.74) is 0.542. The van der Waals surface area contributed by atoms with Crippen molar-refractivity contribution in [2.75, 3.05) is 19.7 Å². The SMILES string of the molecule is O=C(c1cc(Br)ccc1Cl)N1CCCC(CCO)C1. The predicted molar refractivity (Wildman–Crippen MR) is 79.5 cm³/mol. The zero-order valence-corrected chi connectivity index (χ0v) is 13.0. The summed E-state index contributed by atoms with van der Waals surface area (Å²) in [5.74, 6) is 0.377. The molecular formula is C14H17BrClNO2. The van der Waals surface area contributed by atoms with Gasteiger partial charge in [0.25, 0.3) is 5.91 Å². The number of halogens is 2. The van der Waals surface area contributed by atoms with E-state index in [1.54, 1.807) is 12.1 Å². The summed E-state index contributed by atoms with van der Waals surface area (Å²) in [7, 11) is 0. The van der Waals surface area contributed by atoms with Gasteiger partial charge >= 0.3 is 0 Å². The molecule has 0 spiro atoms. The third kappa shape index (κ3) is 3.71. The molecule has 1 amide bonds. The number of aliphatic hydroxyl groups excluding tert-OH is 1. The lowest BCUT2D eigenvalue weighted by atomic mass is 9.94. The highest BCUT2D eigenvalue weighted by atomic mass is 79.9. The van der Waals surface area contributed by atoms with Crippen LogP contribution in [0.25, 0.3) is 0 Å². The number of piperidine rings is 1. The molecule has 1 atom stereocenters. The molecule has 0 aromatic heterocycles. The molecule has 19 heavy (non-hydrogen) atoms. The van der Waals surface area contributed by atoms with Crippen molar-refractivity contribution < 1.29 is 9.90 Å². The van der Waals surface area contributed by atoms with Crippen LogP contribution in [0, 0.1) is 5.92 Å². The molecule has 5 heteroatoms. The second-order valence-electron chi connectivity index (χ2n) is 4.90. The fourth-order valence-corrected chi connectivity index (χ4v) is 3.06. The number of hydrogen-bond donors (Lipinski definition) is 1. The molecule has 1 aliphatic rings. The normalized spacial score (nSPS) is 19.5. The molecule has 1 fully saturated rings. The molecule has 0 bridgehead atoms. The molecule has 3 nitrogen and oxygen atoms in total. The van der Waals surface area contributed by atoms with E-state index in [9.17, 15) is 4.79 Å². The van der Waals surface area contributed by atoms with Crippen LogP contribution in [0.4, 0.5) is 0 Å². The molecule has 0 saturated carbocycles. The van der Waals surface area contributed by atoms with Crippen LogP contribution in [-0.2, 0) is 0 Å². The minimum absolute atomic E-state index is 0.0195. The summed E-state index contributed by atoms with van der Waals surface area (Å²) in [4.78, 5) is 14.3. The molecule has 1 heterocycles. The number of aliphatic hydroxyl groups is 1. The Hall–Kier alpha value is -0.580.